The maximum atomic E-state index is 13.1. The van der Waals surface area contributed by atoms with Gasteiger partial charge in [0.05, 0.1) is 6.54 Å². The predicted octanol–water partition coefficient (Wildman–Crippen LogP) is 8.81. The Morgan fingerprint density at radius 3 is 2.08 bits per heavy atom. The summed E-state index contributed by atoms with van der Waals surface area (Å²) < 4.78 is 44.4. The number of hydrogen-bond acceptors (Lipinski definition) is 3. The van der Waals surface area contributed by atoms with Gasteiger partial charge >= 0.3 is 6.18 Å². The Balaban J connectivity index is 1.59. The van der Waals surface area contributed by atoms with Crippen LogP contribution in [0.2, 0.25) is 0 Å². The minimum Gasteiger partial charge on any atom is -0.455 e. The zero-order valence-corrected chi connectivity index (χ0v) is 21.8. The standard InChI is InChI=1S/C30H30F3NOS/c1-20-14-21(2)28(22(3)15-20)19-34(18-26-12-13-29(35-26)30(31,32)33)17-23-8-10-24(11-9-23)25-6-5-7-27(16-25)36-4/h5-16H,17-19H2,1-4H3. The second kappa shape index (κ2) is 11.0. The van der Waals surface area contributed by atoms with Crippen molar-refractivity contribution in [2.45, 2.75) is 51.5 Å². The molecule has 0 N–H and O–H groups in total. The first-order chi connectivity index (χ1) is 17.1. The number of halogens is 3. The van der Waals surface area contributed by atoms with Crippen LogP contribution in [0.1, 0.15) is 39.3 Å². The van der Waals surface area contributed by atoms with Gasteiger partial charge < -0.3 is 4.42 Å². The lowest BCUT2D eigenvalue weighted by atomic mass is 9.99. The Morgan fingerprint density at radius 1 is 0.778 bits per heavy atom. The summed E-state index contributed by atoms with van der Waals surface area (Å²) in [7, 11) is 0. The number of hydrogen-bond donors (Lipinski definition) is 0. The van der Waals surface area contributed by atoms with Crippen LogP contribution in [0.25, 0.3) is 11.1 Å². The molecule has 4 rings (SSSR count). The van der Waals surface area contributed by atoms with Gasteiger partial charge in [0.2, 0.25) is 5.76 Å². The van der Waals surface area contributed by atoms with Gasteiger partial charge in [-0.05, 0) is 84.7 Å². The van der Waals surface area contributed by atoms with Gasteiger partial charge in [-0.3, -0.25) is 4.90 Å². The highest BCUT2D eigenvalue weighted by Gasteiger charge is 2.34. The van der Waals surface area contributed by atoms with Gasteiger partial charge in [-0.25, -0.2) is 0 Å². The summed E-state index contributed by atoms with van der Waals surface area (Å²) in [5.74, 6) is -0.660. The summed E-state index contributed by atoms with van der Waals surface area (Å²) in [5, 5.41) is 0. The topological polar surface area (TPSA) is 16.4 Å². The van der Waals surface area contributed by atoms with E-state index in [9.17, 15) is 13.2 Å². The maximum Gasteiger partial charge on any atom is 0.449 e. The Kier molecular flexibility index (Phi) is 7.96. The number of furan rings is 1. The summed E-state index contributed by atoms with van der Waals surface area (Å²) in [6, 6.07) is 23.5. The van der Waals surface area contributed by atoms with Crippen LogP contribution in [0.3, 0.4) is 0 Å². The van der Waals surface area contributed by atoms with E-state index in [1.165, 1.54) is 33.2 Å². The maximum absolute atomic E-state index is 13.1. The quantitative estimate of drug-likeness (QED) is 0.221. The van der Waals surface area contributed by atoms with E-state index in [-0.39, 0.29) is 6.54 Å². The molecule has 2 nitrogen and oxygen atoms in total. The molecule has 0 atom stereocenters. The van der Waals surface area contributed by atoms with Gasteiger partial charge in [-0.1, -0.05) is 54.1 Å². The van der Waals surface area contributed by atoms with Crippen molar-refractivity contribution in [1.29, 1.82) is 0 Å². The van der Waals surface area contributed by atoms with Gasteiger partial charge in [0.1, 0.15) is 5.76 Å². The molecule has 0 aliphatic carbocycles. The molecule has 0 spiro atoms. The molecular weight excluding hydrogens is 479 g/mol. The highest BCUT2D eigenvalue weighted by molar-refractivity contribution is 7.98. The van der Waals surface area contributed by atoms with Crippen molar-refractivity contribution in [3.63, 3.8) is 0 Å². The fourth-order valence-corrected chi connectivity index (χ4v) is 5.01. The van der Waals surface area contributed by atoms with E-state index >= 15 is 0 Å². The summed E-state index contributed by atoms with van der Waals surface area (Å²) in [4.78, 5) is 3.34. The average Bonchev–Trinajstić information content (AvgIpc) is 3.31. The lowest BCUT2D eigenvalue weighted by Crippen LogP contribution is -2.23. The summed E-state index contributed by atoms with van der Waals surface area (Å²) >= 11 is 1.71. The van der Waals surface area contributed by atoms with Gasteiger partial charge in [0.25, 0.3) is 0 Å². The minimum absolute atomic E-state index is 0.278. The van der Waals surface area contributed by atoms with Crippen molar-refractivity contribution < 1.29 is 17.6 Å². The average molecular weight is 510 g/mol. The van der Waals surface area contributed by atoms with Crippen molar-refractivity contribution in [3.05, 3.63) is 112 Å². The number of alkyl halides is 3. The molecule has 0 saturated carbocycles. The van der Waals surface area contributed by atoms with Gasteiger partial charge in [0, 0.05) is 18.0 Å². The Morgan fingerprint density at radius 2 is 1.47 bits per heavy atom. The number of aryl methyl sites for hydroxylation is 3. The first-order valence-corrected chi connectivity index (χ1v) is 13.0. The molecule has 0 bridgehead atoms. The van der Waals surface area contributed by atoms with Crippen LogP contribution in [0.15, 0.2) is 82.1 Å². The molecule has 36 heavy (non-hydrogen) atoms. The van der Waals surface area contributed by atoms with E-state index < -0.39 is 11.9 Å². The molecule has 4 aromatic rings. The monoisotopic (exact) mass is 509 g/mol. The van der Waals surface area contributed by atoms with E-state index in [1.54, 1.807) is 11.8 Å². The van der Waals surface area contributed by atoms with E-state index in [0.717, 1.165) is 22.8 Å². The van der Waals surface area contributed by atoms with E-state index in [0.29, 0.717) is 18.8 Å². The molecule has 0 unspecified atom stereocenters. The third-order valence-electron chi connectivity index (χ3n) is 6.31. The summed E-state index contributed by atoms with van der Waals surface area (Å²) in [6.07, 6.45) is -2.43. The van der Waals surface area contributed by atoms with Crippen LogP contribution in [-0.4, -0.2) is 11.2 Å². The number of nitrogens with zero attached hydrogens (tertiary/aromatic N) is 1. The second-order valence-corrected chi connectivity index (χ2v) is 10.1. The minimum atomic E-state index is -4.49. The van der Waals surface area contributed by atoms with Crippen molar-refractivity contribution in [2.24, 2.45) is 0 Å². The third-order valence-corrected chi connectivity index (χ3v) is 7.03. The number of benzene rings is 3. The molecule has 188 valence electrons. The number of thioether (sulfide) groups is 1. The molecule has 1 heterocycles. The molecule has 0 aliphatic rings. The van der Waals surface area contributed by atoms with Crippen LogP contribution in [0.5, 0.6) is 0 Å². The van der Waals surface area contributed by atoms with Crippen LogP contribution in [0, 0.1) is 20.8 Å². The SMILES string of the molecule is CSc1cccc(-c2ccc(CN(Cc3ccc(C(F)(F)F)o3)Cc3c(C)cc(C)cc3C)cc2)c1. The predicted molar refractivity (Wildman–Crippen MR) is 141 cm³/mol. The largest absolute Gasteiger partial charge is 0.455 e. The lowest BCUT2D eigenvalue weighted by Gasteiger charge is -2.24. The molecule has 0 fully saturated rings. The van der Waals surface area contributed by atoms with Crippen LogP contribution < -0.4 is 0 Å². The van der Waals surface area contributed by atoms with E-state index in [2.05, 4.69) is 92.6 Å². The van der Waals surface area contributed by atoms with Crippen LogP contribution in [-0.2, 0) is 25.8 Å². The Bertz CT molecular complexity index is 1300. The Hall–Kier alpha value is -2.96. The molecular formula is C30H30F3NOS. The molecule has 1 aromatic heterocycles. The molecule has 0 aliphatic heterocycles. The lowest BCUT2D eigenvalue weighted by molar-refractivity contribution is -0.153. The first-order valence-electron chi connectivity index (χ1n) is 11.8. The zero-order chi connectivity index (χ0) is 25.9. The molecule has 0 amide bonds. The van der Waals surface area contributed by atoms with E-state index in [1.807, 2.05) is 0 Å². The fourth-order valence-electron chi connectivity index (χ4n) is 4.55. The fraction of sp³-hybridized carbons (Fsp3) is 0.267. The van der Waals surface area contributed by atoms with Crippen LogP contribution in [0.4, 0.5) is 13.2 Å². The van der Waals surface area contributed by atoms with Gasteiger partial charge in [-0.2, -0.15) is 13.2 Å². The third kappa shape index (κ3) is 6.42. The van der Waals surface area contributed by atoms with Crippen molar-refractivity contribution >= 4 is 11.8 Å². The summed E-state index contributed by atoms with van der Waals surface area (Å²) in [6.45, 7) is 7.71. The van der Waals surface area contributed by atoms with Gasteiger partial charge in [0.15, 0.2) is 0 Å². The smallest absolute Gasteiger partial charge is 0.449 e. The molecule has 0 saturated heterocycles. The highest BCUT2D eigenvalue weighted by atomic mass is 32.2. The zero-order valence-electron chi connectivity index (χ0n) is 20.9. The highest BCUT2D eigenvalue weighted by Crippen LogP contribution is 2.31. The normalized spacial score (nSPS) is 11.9. The summed E-state index contributed by atoms with van der Waals surface area (Å²) in [5.41, 5.74) is 8.12. The second-order valence-electron chi connectivity index (χ2n) is 9.22. The molecule has 0 radical (unpaired) electrons. The van der Waals surface area contributed by atoms with Crippen molar-refractivity contribution in [3.8, 4) is 11.1 Å². The number of rotatable bonds is 8. The van der Waals surface area contributed by atoms with Crippen molar-refractivity contribution in [1.82, 2.24) is 4.90 Å². The van der Waals surface area contributed by atoms with Gasteiger partial charge in [-0.15, -0.1) is 11.8 Å². The molecule has 3 aromatic carbocycles. The first kappa shape index (κ1) is 26.1. The Labute approximate surface area is 215 Å². The molecule has 6 heteroatoms. The van der Waals surface area contributed by atoms with E-state index in [4.69, 9.17) is 4.42 Å². The van der Waals surface area contributed by atoms with Crippen LogP contribution >= 0.6 is 11.8 Å². The van der Waals surface area contributed by atoms with Crippen molar-refractivity contribution in [2.75, 3.05) is 6.26 Å².